The molecule has 1 N–H and O–H groups in total. The molecule has 26 heavy (non-hydrogen) atoms. The monoisotopic (exact) mass is 366 g/mol. The van der Waals surface area contributed by atoms with Crippen molar-refractivity contribution in [2.75, 3.05) is 18.9 Å². The number of anilines is 1. The fourth-order valence-electron chi connectivity index (χ4n) is 3.86. The number of hydrogen-bond acceptors (Lipinski definition) is 4. The molecule has 2 aromatic rings. The zero-order valence-corrected chi connectivity index (χ0v) is 16.5. The van der Waals surface area contributed by atoms with Gasteiger partial charge in [0.1, 0.15) is 5.75 Å². The van der Waals surface area contributed by atoms with Crippen molar-refractivity contribution >= 4 is 22.5 Å². The Kier molecular flexibility index (Phi) is 4.94. The number of thioether (sulfide) groups is 1. The summed E-state index contributed by atoms with van der Waals surface area (Å²) in [5.41, 5.74) is 6.81. The van der Waals surface area contributed by atoms with Gasteiger partial charge < -0.3 is 10.1 Å². The van der Waals surface area contributed by atoms with Crippen LogP contribution in [0.3, 0.4) is 0 Å². The molecule has 1 heterocycles. The summed E-state index contributed by atoms with van der Waals surface area (Å²) >= 11 is 1.90. The standard InChI is InChI=1S/C22H26N2OS/c1-14(2)25-20-11-10-16(12-19(20)23-3)22-24-13-21(26-22)18-9-5-7-15-6-4-8-17(15)18/h5,7,9-12,14,21,23H,4,6,8,13H2,1-3H3. The molecule has 3 nitrogen and oxygen atoms in total. The molecule has 1 aliphatic carbocycles. The molecule has 0 saturated carbocycles. The number of aryl methyl sites for hydroxylation is 1. The number of benzene rings is 2. The lowest BCUT2D eigenvalue weighted by Gasteiger charge is -2.16. The van der Waals surface area contributed by atoms with E-state index in [0.717, 1.165) is 23.0 Å². The Morgan fingerprint density at radius 2 is 2.08 bits per heavy atom. The molecule has 4 heteroatoms. The van der Waals surface area contributed by atoms with Crippen LogP contribution in [0, 0.1) is 0 Å². The van der Waals surface area contributed by atoms with Gasteiger partial charge in [-0.1, -0.05) is 30.0 Å². The number of hydrogen-bond donors (Lipinski definition) is 1. The van der Waals surface area contributed by atoms with Gasteiger partial charge in [0, 0.05) is 12.6 Å². The van der Waals surface area contributed by atoms with Crippen molar-refractivity contribution in [1.29, 1.82) is 0 Å². The van der Waals surface area contributed by atoms with Crippen LogP contribution in [-0.4, -0.2) is 24.7 Å². The molecule has 1 aliphatic heterocycles. The van der Waals surface area contributed by atoms with Gasteiger partial charge >= 0.3 is 0 Å². The van der Waals surface area contributed by atoms with Crippen LogP contribution >= 0.6 is 11.8 Å². The molecule has 2 aliphatic rings. The summed E-state index contributed by atoms with van der Waals surface area (Å²) in [7, 11) is 1.94. The van der Waals surface area contributed by atoms with Crippen molar-refractivity contribution in [2.45, 2.75) is 44.5 Å². The lowest BCUT2D eigenvalue weighted by molar-refractivity contribution is 0.243. The summed E-state index contributed by atoms with van der Waals surface area (Å²) in [6.07, 6.45) is 3.91. The predicted octanol–water partition coefficient (Wildman–Crippen LogP) is 5.24. The molecular formula is C22H26N2OS. The number of nitrogens with zero attached hydrogens (tertiary/aromatic N) is 1. The van der Waals surface area contributed by atoms with E-state index in [1.807, 2.05) is 32.7 Å². The Morgan fingerprint density at radius 3 is 2.88 bits per heavy atom. The molecule has 2 aromatic carbocycles. The molecule has 1 unspecified atom stereocenters. The van der Waals surface area contributed by atoms with Crippen molar-refractivity contribution in [2.24, 2.45) is 4.99 Å². The molecule has 0 bridgehead atoms. The Labute approximate surface area is 160 Å². The van der Waals surface area contributed by atoms with E-state index in [2.05, 4.69) is 41.7 Å². The summed E-state index contributed by atoms with van der Waals surface area (Å²) in [5.74, 6) is 0.896. The van der Waals surface area contributed by atoms with E-state index in [0.29, 0.717) is 5.25 Å². The fourth-order valence-corrected chi connectivity index (χ4v) is 5.04. The molecule has 0 fully saturated rings. The number of rotatable bonds is 5. The quantitative estimate of drug-likeness (QED) is 0.786. The van der Waals surface area contributed by atoms with Crippen LogP contribution in [0.15, 0.2) is 41.4 Å². The Bertz CT molecular complexity index is 844. The third-order valence-corrected chi connectivity index (χ3v) is 6.32. The van der Waals surface area contributed by atoms with Crippen molar-refractivity contribution in [3.05, 3.63) is 58.7 Å². The highest BCUT2D eigenvalue weighted by Gasteiger charge is 2.27. The SMILES string of the molecule is CNc1cc(C2=NCC(c3cccc4c3CCC4)S2)ccc1OC(C)C. The van der Waals surface area contributed by atoms with Gasteiger partial charge in [-0.15, -0.1) is 0 Å². The summed E-state index contributed by atoms with van der Waals surface area (Å²) < 4.78 is 5.89. The second-order valence-corrected chi connectivity index (χ2v) is 8.41. The minimum absolute atomic E-state index is 0.163. The normalized spacial score (nSPS) is 18.8. The van der Waals surface area contributed by atoms with Crippen LogP contribution in [0.2, 0.25) is 0 Å². The topological polar surface area (TPSA) is 33.6 Å². The van der Waals surface area contributed by atoms with Crippen molar-refractivity contribution in [3.8, 4) is 5.75 Å². The van der Waals surface area contributed by atoms with Gasteiger partial charge in [-0.05, 0) is 68.0 Å². The number of nitrogens with one attached hydrogen (secondary N) is 1. The maximum Gasteiger partial charge on any atom is 0.142 e. The highest BCUT2D eigenvalue weighted by atomic mass is 32.2. The Hall–Kier alpha value is -1.94. The zero-order chi connectivity index (χ0) is 18.1. The van der Waals surface area contributed by atoms with Crippen LogP contribution < -0.4 is 10.1 Å². The summed E-state index contributed by atoms with van der Waals surface area (Å²) in [4.78, 5) is 4.87. The van der Waals surface area contributed by atoms with E-state index in [4.69, 9.17) is 9.73 Å². The van der Waals surface area contributed by atoms with Crippen LogP contribution in [0.1, 0.15) is 47.8 Å². The van der Waals surface area contributed by atoms with E-state index >= 15 is 0 Å². The first-order chi connectivity index (χ1) is 12.7. The lowest BCUT2D eigenvalue weighted by Crippen LogP contribution is -2.08. The Balaban J connectivity index is 1.55. The predicted molar refractivity (Wildman–Crippen MR) is 112 cm³/mol. The fraction of sp³-hybridized carbons (Fsp3) is 0.409. The maximum absolute atomic E-state index is 5.89. The molecule has 0 aromatic heterocycles. The van der Waals surface area contributed by atoms with Gasteiger partial charge in [-0.2, -0.15) is 0 Å². The second kappa shape index (κ2) is 7.36. The van der Waals surface area contributed by atoms with Gasteiger partial charge in [0.15, 0.2) is 0 Å². The van der Waals surface area contributed by atoms with Crippen LogP contribution in [-0.2, 0) is 12.8 Å². The van der Waals surface area contributed by atoms with Crippen LogP contribution in [0.5, 0.6) is 5.75 Å². The molecule has 136 valence electrons. The molecule has 0 spiro atoms. The summed E-state index contributed by atoms with van der Waals surface area (Å²) in [6, 6.07) is 13.1. The van der Waals surface area contributed by atoms with Gasteiger partial charge in [0.25, 0.3) is 0 Å². The number of fused-ring (bicyclic) bond motifs is 1. The van der Waals surface area contributed by atoms with Gasteiger partial charge in [0.05, 0.1) is 28.6 Å². The Morgan fingerprint density at radius 1 is 1.19 bits per heavy atom. The molecule has 4 rings (SSSR count). The third-order valence-electron chi connectivity index (χ3n) is 5.04. The first kappa shape index (κ1) is 17.5. The molecular weight excluding hydrogens is 340 g/mol. The molecule has 0 radical (unpaired) electrons. The summed E-state index contributed by atoms with van der Waals surface area (Å²) in [6.45, 7) is 4.97. The van der Waals surface area contributed by atoms with E-state index in [-0.39, 0.29) is 6.10 Å². The maximum atomic E-state index is 5.89. The van der Waals surface area contributed by atoms with E-state index in [1.54, 1.807) is 11.1 Å². The molecule has 0 amide bonds. The zero-order valence-electron chi connectivity index (χ0n) is 15.7. The van der Waals surface area contributed by atoms with E-state index < -0.39 is 0 Å². The van der Waals surface area contributed by atoms with Crippen LogP contribution in [0.4, 0.5) is 5.69 Å². The smallest absolute Gasteiger partial charge is 0.142 e. The number of aliphatic imine (C=N–C) groups is 1. The second-order valence-electron chi connectivity index (χ2n) is 7.22. The van der Waals surface area contributed by atoms with E-state index in [9.17, 15) is 0 Å². The van der Waals surface area contributed by atoms with Gasteiger partial charge in [-0.3, -0.25) is 4.99 Å². The lowest BCUT2D eigenvalue weighted by atomic mass is 10.0. The largest absolute Gasteiger partial charge is 0.489 e. The van der Waals surface area contributed by atoms with Crippen molar-refractivity contribution < 1.29 is 4.74 Å². The molecule has 1 atom stereocenters. The van der Waals surface area contributed by atoms with Gasteiger partial charge in [-0.25, -0.2) is 0 Å². The van der Waals surface area contributed by atoms with Gasteiger partial charge in [0.2, 0.25) is 0 Å². The molecule has 0 saturated heterocycles. The third kappa shape index (κ3) is 3.35. The average Bonchev–Trinajstić information content (AvgIpc) is 3.30. The minimum Gasteiger partial charge on any atom is -0.489 e. The van der Waals surface area contributed by atoms with E-state index in [1.165, 1.54) is 30.4 Å². The first-order valence-corrected chi connectivity index (χ1v) is 10.3. The highest BCUT2D eigenvalue weighted by molar-refractivity contribution is 8.14. The number of ether oxygens (including phenoxy) is 1. The minimum atomic E-state index is 0.163. The average molecular weight is 367 g/mol. The first-order valence-electron chi connectivity index (χ1n) is 9.46. The summed E-state index contributed by atoms with van der Waals surface area (Å²) in [5, 5.41) is 4.84. The van der Waals surface area contributed by atoms with Crippen molar-refractivity contribution in [3.63, 3.8) is 0 Å². The van der Waals surface area contributed by atoms with Crippen molar-refractivity contribution in [1.82, 2.24) is 0 Å². The highest BCUT2D eigenvalue weighted by Crippen LogP contribution is 2.42. The van der Waals surface area contributed by atoms with Crippen LogP contribution in [0.25, 0.3) is 0 Å².